The predicted octanol–water partition coefficient (Wildman–Crippen LogP) is -0.186. The Morgan fingerprint density at radius 3 is 0.625 bits per heavy atom. The van der Waals surface area contributed by atoms with Gasteiger partial charge in [0.25, 0.3) is 0 Å². The Kier molecular flexibility index (Phi) is 3670. The first kappa shape index (κ1) is 37.9. The normalized spacial score (nSPS) is 2.25. The van der Waals surface area contributed by atoms with E-state index in [1.807, 2.05) is 41.5 Å². The topological polar surface area (TPSA) is 0 Å². The molecule has 0 aromatic carbocycles. The van der Waals surface area contributed by atoms with Gasteiger partial charge < -0.3 is 1.43 Å². The maximum absolute atomic E-state index is 2.00. The van der Waals surface area contributed by atoms with E-state index >= 15 is 0 Å². The fourth-order valence-corrected chi connectivity index (χ4v) is 0. The first-order chi connectivity index (χ1) is 3.00. The fourth-order valence-electron chi connectivity index (χ4n) is 0. The first-order valence-electron chi connectivity index (χ1n) is 3.00. The maximum Gasteiger partial charge on any atom is 1.00 e. The van der Waals surface area contributed by atoms with Gasteiger partial charge in [-0.25, -0.2) is 0 Å². The van der Waals surface area contributed by atoms with Crippen LogP contribution in [-0.2, 0) is 0 Å². The Morgan fingerprint density at radius 1 is 0.625 bits per heavy atom. The van der Waals surface area contributed by atoms with Gasteiger partial charge in [0, 0.05) is 8.41 Å². The zero-order valence-corrected chi connectivity index (χ0v) is 7.58. The maximum atomic E-state index is 2.00. The average molecular weight is 109 g/mol. The minimum Gasteiger partial charge on any atom is -1.00 e. The Balaban J connectivity index is -0.00000000321. The third-order valence-electron chi connectivity index (χ3n) is 0. The number of hydrogen-bond acceptors (Lipinski definition) is 0. The van der Waals surface area contributed by atoms with Crippen molar-refractivity contribution in [3.63, 3.8) is 0 Å². The van der Waals surface area contributed by atoms with Crippen LogP contribution in [0.5, 0.6) is 0 Å². The van der Waals surface area contributed by atoms with Gasteiger partial charge in [0.05, 0.1) is 0 Å². The van der Waals surface area contributed by atoms with E-state index in [1.54, 1.807) is 0 Å². The van der Waals surface area contributed by atoms with Crippen LogP contribution >= 0.6 is 0 Å². The summed E-state index contributed by atoms with van der Waals surface area (Å²) in [4.78, 5) is 0. The van der Waals surface area contributed by atoms with Crippen molar-refractivity contribution in [3.8, 4) is 0 Å². The predicted molar refractivity (Wildman–Crippen MR) is 40.9 cm³/mol. The third kappa shape index (κ3) is 487. The van der Waals surface area contributed by atoms with Crippen LogP contribution in [0, 0.1) is 0 Å². The fraction of sp³-hybridized carbons (Fsp3) is 1.00. The van der Waals surface area contributed by atoms with Crippen LogP contribution in [0.2, 0.25) is 0 Å². The van der Waals surface area contributed by atoms with E-state index in [1.165, 1.54) is 0 Å². The van der Waals surface area contributed by atoms with Gasteiger partial charge in [-0.1, -0.05) is 41.5 Å². The summed E-state index contributed by atoms with van der Waals surface area (Å²) in [7, 11) is 0. The van der Waals surface area contributed by atoms with Crippen LogP contribution in [0.25, 0.3) is 0 Å². The molecule has 0 N–H and O–H groups in total. The Bertz CT molecular complexity index is 13.0. The van der Waals surface area contributed by atoms with Crippen molar-refractivity contribution in [2.75, 3.05) is 0 Å². The molecule has 0 aromatic rings. The van der Waals surface area contributed by atoms with Crippen molar-refractivity contribution < 1.29 is 20.3 Å². The third-order valence-corrected chi connectivity index (χ3v) is 0. The molecule has 0 saturated heterocycles. The van der Waals surface area contributed by atoms with Gasteiger partial charge in [-0.15, -0.1) is 0 Å². The quantitative estimate of drug-likeness (QED) is 0.378. The molecule has 0 saturated carbocycles. The van der Waals surface area contributed by atoms with Crippen LogP contribution in [0.15, 0.2) is 0 Å². The molecular formula is C6H19BLi. The molecule has 8 heavy (non-hydrogen) atoms. The molecule has 0 amide bonds. The molecule has 47 valence electrons. The van der Waals surface area contributed by atoms with Crippen molar-refractivity contribution in [3.05, 3.63) is 0 Å². The molecule has 0 rings (SSSR count). The molecule has 0 atom stereocenters. The van der Waals surface area contributed by atoms with E-state index in [0.717, 1.165) is 0 Å². The van der Waals surface area contributed by atoms with Gasteiger partial charge in [0.1, 0.15) is 0 Å². The first-order valence-corrected chi connectivity index (χ1v) is 3.00. The summed E-state index contributed by atoms with van der Waals surface area (Å²) in [5, 5.41) is 0. The zero-order valence-electron chi connectivity index (χ0n) is 8.58. The Morgan fingerprint density at radius 2 is 0.625 bits per heavy atom. The molecule has 0 bridgehead atoms. The minimum absolute atomic E-state index is 0. The summed E-state index contributed by atoms with van der Waals surface area (Å²) in [6.45, 7) is 12.0. The summed E-state index contributed by atoms with van der Waals surface area (Å²) in [6, 6.07) is 0. The van der Waals surface area contributed by atoms with Gasteiger partial charge >= 0.3 is 18.9 Å². The SMILES string of the molecule is CC.CC.CC.[B].[H-].[Li+]. The minimum atomic E-state index is 0. The van der Waals surface area contributed by atoms with Crippen molar-refractivity contribution >= 4 is 8.41 Å². The molecule has 0 nitrogen and oxygen atoms in total. The van der Waals surface area contributed by atoms with E-state index in [2.05, 4.69) is 0 Å². The second-order valence-corrected chi connectivity index (χ2v) is 0. The number of rotatable bonds is 0. The monoisotopic (exact) mass is 109 g/mol. The Hall–Kier alpha value is 0.662. The van der Waals surface area contributed by atoms with Crippen LogP contribution < -0.4 is 18.9 Å². The van der Waals surface area contributed by atoms with Crippen molar-refractivity contribution in [1.29, 1.82) is 0 Å². The van der Waals surface area contributed by atoms with Crippen molar-refractivity contribution in [2.24, 2.45) is 0 Å². The zero-order chi connectivity index (χ0) is 6.00. The Labute approximate surface area is 70.7 Å². The van der Waals surface area contributed by atoms with Gasteiger partial charge in [0.15, 0.2) is 0 Å². The molecule has 2 heteroatoms. The van der Waals surface area contributed by atoms with Gasteiger partial charge in [-0.3, -0.25) is 0 Å². The largest absolute Gasteiger partial charge is 1.00 e. The molecule has 0 aromatic heterocycles. The van der Waals surface area contributed by atoms with E-state index in [4.69, 9.17) is 0 Å². The summed E-state index contributed by atoms with van der Waals surface area (Å²) in [6.07, 6.45) is 0. The second-order valence-electron chi connectivity index (χ2n) is 0. The summed E-state index contributed by atoms with van der Waals surface area (Å²) in [5.41, 5.74) is 0. The van der Waals surface area contributed by atoms with E-state index in [0.29, 0.717) is 0 Å². The van der Waals surface area contributed by atoms with E-state index in [-0.39, 0.29) is 28.7 Å². The molecule has 0 spiro atoms. The van der Waals surface area contributed by atoms with Crippen molar-refractivity contribution in [1.82, 2.24) is 0 Å². The van der Waals surface area contributed by atoms with E-state index in [9.17, 15) is 0 Å². The smallest absolute Gasteiger partial charge is 1.00 e. The standard InChI is InChI=1S/3C2H6.B.Li.H/c3*1-2;;;/h3*1-2H3;;;/q;;;;+1;-1. The molecule has 0 unspecified atom stereocenters. The summed E-state index contributed by atoms with van der Waals surface area (Å²) < 4.78 is 0. The second kappa shape index (κ2) is 775. The van der Waals surface area contributed by atoms with Gasteiger partial charge in [-0.05, 0) is 0 Å². The van der Waals surface area contributed by atoms with E-state index < -0.39 is 0 Å². The average Bonchev–Trinajstić information content (AvgIpc) is 1.81. The van der Waals surface area contributed by atoms with Gasteiger partial charge in [-0.2, -0.15) is 0 Å². The summed E-state index contributed by atoms with van der Waals surface area (Å²) in [5.74, 6) is 0. The van der Waals surface area contributed by atoms with Crippen LogP contribution in [0.4, 0.5) is 0 Å². The molecule has 0 aliphatic carbocycles. The molecule has 3 radical (unpaired) electrons. The molecule has 0 aliphatic heterocycles. The molecular weight excluding hydrogens is 89.8 g/mol. The molecule has 0 aliphatic rings. The van der Waals surface area contributed by atoms with Crippen LogP contribution in [-0.4, -0.2) is 8.41 Å². The molecule has 0 fully saturated rings. The molecule has 0 heterocycles. The van der Waals surface area contributed by atoms with Crippen molar-refractivity contribution in [2.45, 2.75) is 41.5 Å². The number of hydrogen-bond donors (Lipinski definition) is 0. The van der Waals surface area contributed by atoms with Gasteiger partial charge in [0.2, 0.25) is 0 Å². The van der Waals surface area contributed by atoms with Crippen LogP contribution in [0.3, 0.4) is 0 Å². The van der Waals surface area contributed by atoms with Crippen LogP contribution in [0.1, 0.15) is 43.0 Å². The summed E-state index contributed by atoms with van der Waals surface area (Å²) >= 11 is 0.